The van der Waals surface area contributed by atoms with E-state index in [0.29, 0.717) is 16.1 Å². The molecule has 0 aliphatic rings. The average molecular weight is 385 g/mol. The van der Waals surface area contributed by atoms with Gasteiger partial charge in [-0.2, -0.15) is 0 Å². The van der Waals surface area contributed by atoms with E-state index < -0.39 is 0 Å². The van der Waals surface area contributed by atoms with Gasteiger partial charge in [0.1, 0.15) is 5.82 Å². The summed E-state index contributed by atoms with van der Waals surface area (Å²) in [5.41, 5.74) is 3.07. The predicted octanol–water partition coefficient (Wildman–Crippen LogP) is 5.09. The van der Waals surface area contributed by atoms with Gasteiger partial charge in [-0.15, -0.1) is 10.2 Å². The Morgan fingerprint density at radius 2 is 1.88 bits per heavy atom. The number of rotatable bonds is 6. The molecule has 0 amide bonds. The van der Waals surface area contributed by atoms with E-state index in [0.717, 1.165) is 41.1 Å². The highest BCUT2D eigenvalue weighted by Gasteiger charge is 2.11. The number of halogens is 1. The van der Waals surface area contributed by atoms with Crippen molar-refractivity contribution < 1.29 is 4.42 Å². The lowest BCUT2D eigenvalue weighted by molar-refractivity contribution is 0.465. The fourth-order valence-electron chi connectivity index (χ4n) is 2.85. The van der Waals surface area contributed by atoms with Crippen molar-refractivity contribution >= 4 is 34.4 Å². The Balaban J connectivity index is 1.45. The minimum absolute atomic E-state index is 0.506. The van der Waals surface area contributed by atoms with E-state index in [9.17, 15) is 0 Å². The molecule has 7 heteroatoms. The van der Waals surface area contributed by atoms with Gasteiger partial charge in [0, 0.05) is 29.3 Å². The van der Waals surface area contributed by atoms with E-state index in [1.54, 1.807) is 11.8 Å². The van der Waals surface area contributed by atoms with Crippen LogP contribution in [-0.2, 0) is 13.0 Å². The van der Waals surface area contributed by atoms with Crippen LogP contribution in [0.1, 0.15) is 12.7 Å². The average Bonchev–Trinajstić information content (AvgIpc) is 3.27. The molecule has 0 saturated carbocycles. The molecule has 0 aliphatic carbocycles. The number of aryl methyl sites for hydroxylation is 2. The Kier molecular flexibility index (Phi) is 4.95. The predicted molar refractivity (Wildman–Crippen MR) is 105 cm³/mol. The van der Waals surface area contributed by atoms with E-state index in [1.165, 1.54) is 0 Å². The van der Waals surface area contributed by atoms with Crippen LogP contribution in [0, 0.1) is 0 Å². The van der Waals surface area contributed by atoms with Crippen LogP contribution in [0.4, 0.5) is 0 Å². The zero-order chi connectivity index (χ0) is 17.9. The second-order valence-electron chi connectivity index (χ2n) is 5.75. The van der Waals surface area contributed by atoms with E-state index >= 15 is 0 Å². The zero-order valence-electron chi connectivity index (χ0n) is 14.2. The molecule has 2 aromatic heterocycles. The first-order valence-electron chi connectivity index (χ1n) is 8.41. The van der Waals surface area contributed by atoms with Gasteiger partial charge < -0.3 is 8.98 Å². The Morgan fingerprint density at radius 3 is 2.69 bits per heavy atom. The van der Waals surface area contributed by atoms with Crippen LogP contribution in [0.3, 0.4) is 0 Å². The SMILES string of the molecule is CCc1nc2ccccc2n1CCSc1nnc(-c2ccc(Cl)cc2)o1. The third-order valence-corrected chi connectivity index (χ3v) is 5.14. The maximum Gasteiger partial charge on any atom is 0.276 e. The number of imidazole rings is 1. The normalized spacial score (nSPS) is 11.3. The Hall–Kier alpha value is -2.31. The summed E-state index contributed by atoms with van der Waals surface area (Å²) >= 11 is 7.46. The lowest BCUT2D eigenvalue weighted by Gasteiger charge is -2.06. The molecule has 0 saturated heterocycles. The molecule has 132 valence electrons. The maximum atomic E-state index is 5.91. The van der Waals surface area contributed by atoms with E-state index in [4.69, 9.17) is 21.0 Å². The van der Waals surface area contributed by atoms with Crippen molar-refractivity contribution in [1.29, 1.82) is 0 Å². The standard InChI is InChI=1S/C19H17ClN4OS/c1-2-17-21-15-5-3-4-6-16(15)24(17)11-12-26-19-23-22-18(25-19)13-7-9-14(20)10-8-13/h3-10H,2,11-12H2,1H3. The number of hydrogen-bond donors (Lipinski definition) is 0. The highest BCUT2D eigenvalue weighted by atomic mass is 35.5. The van der Waals surface area contributed by atoms with Gasteiger partial charge in [-0.3, -0.25) is 0 Å². The molecule has 4 rings (SSSR count). The van der Waals surface area contributed by atoms with Crippen molar-refractivity contribution in [2.45, 2.75) is 25.1 Å². The minimum atomic E-state index is 0.506. The fraction of sp³-hybridized carbons (Fsp3) is 0.211. The minimum Gasteiger partial charge on any atom is -0.411 e. The van der Waals surface area contributed by atoms with Crippen molar-refractivity contribution in [3.8, 4) is 11.5 Å². The van der Waals surface area contributed by atoms with Crippen LogP contribution >= 0.6 is 23.4 Å². The summed E-state index contributed by atoms with van der Waals surface area (Å²) < 4.78 is 8.01. The summed E-state index contributed by atoms with van der Waals surface area (Å²) in [7, 11) is 0. The van der Waals surface area contributed by atoms with Crippen LogP contribution in [0.5, 0.6) is 0 Å². The molecule has 26 heavy (non-hydrogen) atoms. The molecular weight excluding hydrogens is 368 g/mol. The first kappa shape index (κ1) is 17.1. The van der Waals surface area contributed by atoms with Gasteiger partial charge in [-0.1, -0.05) is 42.4 Å². The molecule has 0 atom stereocenters. The lowest BCUT2D eigenvalue weighted by Crippen LogP contribution is -2.05. The Bertz CT molecular complexity index is 1030. The van der Waals surface area contributed by atoms with Crippen molar-refractivity contribution in [2.75, 3.05) is 5.75 Å². The molecule has 4 aromatic rings. The summed E-state index contributed by atoms with van der Waals surface area (Å²) in [6.45, 7) is 2.97. The Morgan fingerprint density at radius 1 is 1.08 bits per heavy atom. The van der Waals surface area contributed by atoms with Gasteiger partial charge in [-0.05, 0) is 36.4 Å². The molecule has 2 heterocycles. The number of para-hydroxylation sites is 2. The smallest absolute Gasteiger partial charge is 0.276 e. The summed E-state index contributed by atoms with van der Waals surface area (Å²) in [5.74, 6) is 2.43. The summed E-state index contributed by atoms with van der Waals surface area (Å²) in [6.07, 6.45) is 0.903. The number of benzene rings is 2. The summed E-state index contributed by atoms with van der Waals surface area (Å²) in [6, 6.07) is 15.6. The first-order chi connectivity index (χ1) is 12.7. The van der Waals surface area contributed by atoms with Gasteiger partial charge in [0.05, 0.1) is 11.0 Å². The number of thioether (sulfide) groups is 1. The number of aromatic nitrogens is 4. The molecule has 0 radical (unpaired) electrons. The fourth-order valence-corrected chi connectivity index (χ4v) is 3.66. The van der Waals surface area contributed by atoms with Crippen molar-refractivity contribution in [3.05, 3.63) is 59.4 Å². The van der Waals surface area contributed by atoms with Gasteiger partial charge in [-0.25, -0.2) is 4.98 Å². The lowest BCUT2D eigenvalue weighted by atomic mass is 10.2. The highest BCUT2D eigenvalue weighted by Crippen LogP contribution is 2.25. The quantitative estimate of drug-likeness (QED) is 0.433. The number of fused-ring (bicyclic) bond motifs is 1. The van der Waals surface area contributed by atoms with Crippen LogP contribution in [0.2, 0.25) is 5.02 Å². The topological polar surface area (TPSA) is 56.7 Å². The molecule has 0 aliphatic heterocycles. The van der Waals surface area contributed by atoms with Crippen LogP contribution in [0.15, 0.2) is 58.2 Å². The summed E-state index contributed by atoms with van der Waals surface area (Å²) in [4.78, 5) is 4.70. The van der Waals surface area contributed by atoms with Gasteiger partial charge in [0.15, 0.2) is 0 Å². The van der Waals surface area contributed by atoms with Crippen LogP contribution in [-0.4, -0.2) is 25.5 Å². The molecule has 5 nitrogen and oxygen atoms in total. The molecule has 2 aromatic carbocycles. The second-order valence-corrected chi connectivity index (χ2v) is 7.23. The van der Waals surface area contributed by atoms with Crippen molar-refractivity contribution in [3.63, 3.8) is 0 Å². The molecule has 0 unspecified atom stereocenters. The summed E-state index contributed by atoms with van der Waals surface area (Å²) in [5, 5.41) is 9.49. The van der Waals surface area contributed by atoms with Crippen molar-refractivity contribution in [1.82, 2.24) is 19.7 Å². The van der Waals surface area contributed by atoms with Gasteiger partial charge in [0.2, 0.25) is 5.89 Å². The van der Waals surface area contributed by atoms with E-state index in [2.05, 4.69) is 33.8 Å². The molecule has 0 bridgehead atoms. The first-order valence-corrected chi connectivity index (χ1v) is 9.77. The van der Waals surface area contributed by atoms with E-state index in [1.807, 2.05) is 36.4 Å². The maximum absolute atomic E-state index is 5.91. The molecule has 0 fully saturated rings. The highest BCUT2D eigenvalue weighted by molar-refractivity contribution is 7.99. The monoisotopic (exact) mass is 384 g/mol. The van der Waals surface area contributed by atoms with Gasteiger partial charge in [0.25, 0.3) is 5.22 Å². The van der Waals surface area contributed by atoms with Crippen LogP contribution < -0.4 is 0 Å². The van der Waals surface area contributed by atoms with Crippen molar-refractivity contribution in [2.24, 2.45) is 0 Å². The molecule has 0 N–H and O–H groups in total. The molecular formula is C19H17ClN4OS. The van der Waals surface area contributed by atoms with Crippen LogP contribution in [0.25, 0.3) is 22.5 Å². The number of hydrogen-bond acceptors (Lipinski definition) is 5. The van der Waals surface area contributed by atoms with E-state index in [-0.39, 0.29) is 0 Å². The second kappa shape index (κ2) is 7.51. The number of nitrogens with zero attached hydrogens (tertiary/aromatic N) is 4. The Labute approximate surface area is 160 Å². The third-order valence-electron chi connectivity index (χ3n) is 4.09. The largest absolute Gasteiger partial charge is 0.411 e. The third kappa shape index (κ3) is 3.48. The zero-order valence-corrected chi connectivity index (χ0v) is 15.8. The van der Waals surface area contributed by atoms with Gasteiger partial charge >= 0.3 is 0 Å². The molecule has 0 spiro atoms.